The van der Waals surface area contributed by atoms with Crippen molar-refractivity contribution in [1.29, 1.82) is 0 Å². The third-order valence-corrected chi connectivity index (χ3v) is 9.33. The summed E-state index contributed by atoms with van der Waals surface area (Å²) in [6, 6.07) is -6.96. The van der Waals surface area contributed by atoms with Crippen molar-refractivity contribution in [3.05, 3.63) is 29.8 Å². The van der Waals surface area contributed by atoms with Crippen molar-refractivity contribution in [2.75, 3.05) is 19.8 Å². The summed E-state index contributed by atoms with van der Waals surface area (Å²) in [5.74, 6) is -11.9. The van der Waals surface area contributed by atoms with Gasteiger partial charge in [-0.3, -0.25) is 48.1 Å². The van der Waals surface area contributed by atoms with E-state index in [0.717, 1.165) is 6.92 Å². The maximum atomic E-state index is 13.9. The highest BCUT2D eigenvalue weighted by Crippen LogP contribution is 2.13. The molecule has 8 amide bonds. The summed E-state index contributed by atoms with van der Waals surface area (Å²) in [5.41, 5.74) is 21.8. The number of amides is 8. The van der Waals surface area contributed by atoms with Crippen LogP contribution in [0.3, 0.4) is 0 Å². The number of nitrogens with zero attached hydrogens (tertiary/aromatic N) is 1. The van der Waals surface area contributed by atoms with Gasteiger partial charge in [0.15, 0.2) is 5.96 Å². The zero-order valence-electron chi connectivity index (χ0n) is 36.7. The number of aromatic hydroxyl groups is 1. The van der Waals surface area contributed by atoms with E-state index in [4.69, 9.17) is 28.0 Å². The summed E-state index contributed by atoms with van der Waals surface area (Å²) < 4.78 is 0. The molecule has 66 heavy (non-hydrogen) atoms. The Bertz CT molecular complexity index is 1900. The molecule has 0 aliphatic heterocycles. The van der Waals surface area contributed by atoms with Gasteiger partial charge in [-0.2, -0.15) is 0 Å². The predicted octanol–water partition coefficient (Wildman–Crippen LogP) is -6.42. The number of rotatable bonds is 30. The number of primary amides is 1. The molecule has 368 valence electrons. The zero-order valence-corrected chi connectivity index (χ0v) is 36.7. The molecule has 20 N–H and O–H groups in total. The molecule has 1 aromatic rings. The number of aliphatic hydroxyl groups is 2. The first kappa shape index (κ1) is 56.9. The Balaban J connectivity index is 3.32. The molecule has 27 heteroatoms. The third-order valence-electron chi connectivity index (χ3n) is 9.33. The van der Waals surface area contributed by atoms with Crippen LogP contribution in [-0.4, -0.2) is 159 Å². The highest BCUT2D eigenvalue weighted by Gasteiger charge is 2.34. The molecule has 0 heterocycles. The van der Waals surface area contributed by atoms with Gasteiger partial charge in [-0.15, -0.1) is 0 Å². The van der Waals surface area contributed by atoms with Crippen LogP contribution in [0.15, 0.2) is 29.3 Å². The quantitative estimate of drug-likeness (QED) is 0.0194. The molecule has 0 bridgehead atoms. The number of nitrogens with one attached hydrogen (secondary N) is 7. The van der Waals surface area contributed by atoms with Gasteiger partial charge >= 0.3 is 11.9 Å². The number of aliphatic imine (C=N–C) groups is 1. The molecular weight excluding hydrogens is 876 g/mol. The lowest BCUT2D eigenvalue weighted by atomic mass is 10.00. The smallest absolute Gasteiger partial charge is 0.326 e. The monoisotopic (exact) mass is 938 g/mol. The topological polar surface area (TPSA) is 472 Å². The molecule has 0 spiro atoms. The molecule has 0 aliphatic rings. The SMILES string of the molecule is CC(C)C[C@H](NC(=O)[C@H](CC(N)=O)NC(=O)[C@H](C)NC(=O)[C@H](CCC(=O)O)NC(=O)[C@H](CO)NC(=O)[C@@H](N)CO)C(=O)N[C@@H](Cc1ccc(O)cc1)C(=O)N[C@@H](CCCN=C(N)N)C(=O)O. The van der Waals surface area contributed by atoms with Crippen LogP contribution in [0.1, 0.15) is 64.9 Å². The minimum Gasteiger partial charge on any atom is -0.508 e. The number of hydrogen-bond donors (Lipinski definition) is 16. The van der Waals surface area contributed by atoms with Crippen molar-refractivity contribution in [3.63, 3.8) is 0 Å². The lowest BCUT2D eigenvalue weighted by molar-refractivity contribution is -0.142. The van der Waals surface area contributed by atoms with E-state index in [-0.39, 0.29) is 49.9 Å². The van der Waals surface area contributed by atoms with Gasteiger partial charge in [0.1, 0.15) is 54.1 Å². The Morgan fingerprint density at radius 2 is 1.11 bits per heavy atom. The molecular formula is C39H62N12O15. The molecule has 0 unspecified atom stereocenters. The van der Waals surface area contributed by atoms with Crippen molar-refractivity contribution in [2.45, 2.75) is 114 Å². The number of hydrogen-bond acceptors (Lipinski definition) is 15. The van der Waals surface area contributed by atoms with Crippen molar-refractivity contribution in [3.8, 4) is 5.75 Å². The minimum absolute atomic E-state index is 0.0609. The normalized spacial score (nSPS) is 14.5. The number of phenolic OH excluding ortho intramolecular Hbond substituents is 1. The van der Waals surface area contributed by atoms with Crippen LogP contribution >= 0.6 is 0 Å². The molecule has 0 aliphatic carbocycles. The number of phenols is 1. The molecule has 0 aromatic heterocycles. The van der Waals surface area contributed by atoms with Crippen LogP contribution < -0.4 is 60.2 Å². The van der Waals surface area contributed by atoms with Crippen molar-refractivity contribution >= 4 is 65.2 Å². The third kappa shape index (κ3) is 21.5. The van der Waals surface area contributed by atoms with Gasteiger partial charge < -0.3 is 85.7 Å². The van der Waals surface area contributed by atoms with Crippen LogP contribution in [0.5, 0.6) is 5.75 Å². The van der Waals surface area contributed by atoms with Gasteiger partial charge in [0.2, 0.25) is 47.3 Å². The first-order valence-corrected chi connectivity index (χ1v) is 20.5. The molecule has 0 fully saturated rings. The molecule has 27 nitrogen and oxygen atoms in total. The molecule has 0 saturated heterocycles. The van der Waals surface area contributed by atoms with Crippen LogP contribution in [0.2, 0.25) is 0 Å². The number of aliphatic carboxylic acids is 2. The van der Waals surface area contributed by atoms with Gasteiger partial charge in [-0.25, -0.2) is 4.79 Å². The second-order valence-electron chi connectivity index (χ2n) is 15.5. The van der Waals surface area contributed by atoms with E-state index in [1.807, 2.05) is 0 Å². The van der Waals surface area contributed by atoms with Crippen LogP contribution in [-0.2, 0) is 54.4 Å². The summed E-state index contributed by atoms with van der Waals surface area (Å²) in [7, 11) is 0. The highest BCUT2D eigenvalue weighted by atomic mass is 16.4. The van der Waals surface area contributed by atoms with Gasteiger partial charge in [0.25, 0.3) is 0 Å². The van der Waals surface area contributed by atoms with Gasteiger partial charge in [0.05, 0.1) is 19.6 Å². The number of carbonyl (C=O) groups is 10. The Hall–Kier alpha value is -7.13. The van der Waals surface area contributed by atoms with Gasteiger partial charge in [-0.1, -0.05) is 26.0 Å². The summed E-state index contributed by atoms with van der Waals surface area (Å²) in [6.45, 7) is 2.77. The number of carboxylic acid groups (broad SMARTS) is 2. The fourth-order valence-electron chi connectivity index (χ4n) is 5.81. The molecule has 8 atom stereocenters. The Kier molecular flexibility index (Phi) is 24.7. The number of nitrogens with two attached hydrogens (primary N) is 4. The summed E-state index contributed by atoms with van der Waals surface area (Å²) in [4.78, 5) is 132. The largest absolute Gasteiger partial charge is 0.508 e. The highest BCUT2D eigenvalue weighted by molar-refractivity contribution is 5.98. The van der Waals surface area contributed by atoms with Crippen molar-refractivity contribution < 1.29 is 73.5 Å². The number of carbonyl (C=O) groups excluding carboxylic acids is 8. The second kappa shape index (κ2) is 28.6. The fourth-order valence-corrected chi connectivity index (χ4v) is 5.81. The number of guanidine groups is 1. The molecule has 0 saturated carbocycles. The number of aliphatic hydroxyl groups excluding tert-OH is 2. The first-order chi connectivity index (χ1) is 30.9. The van der Waals surface area contributed by atoms with Crippen molar-refractivity contribution in [2.24, 2.45) is 33.8 Å². The lowest BCUT2D eigenvalue weighted by Gasteiger charge is -2.27. The van der Waals surface area contributed by atoms with Crippen LogP contribution in [0.25, 0.3) is 0 Å². The van der Waals surface area contributed by atoms with E-state index in [1.54, 1.807) is 13.8 Å². The van der Waals surface area contributed by atoms with Crippen LogP contribution in [0, 0.1) is 5.92 Å². The van der Waals surface area contributed by atoms with E-state index in [9.17, 15) is 68.4 Å². The molecule has 0 radical (unpaired) electrons. The Morgan fingerprint density at radius 3 is 1.64 bits per heavy atom. The van der Waals surface area contributed by atoms with Crippen LogP contribution in [0.4, 0.5) is 0 Å². The minimum atomic E-state index is -1.77. The zero-order chi connectivity index (χ0) is 50.3. The van der Waals surface area contributed by atoms with Gasteiger partial charge in [-0.05, 0) is 56.2 Å². The predicted molar refractivity (Wildman–Crippen MR) is 231 cm³/mol. The maximum Gasteiger partial charge on any atom is 0.326 e. The lowest BCUT2D eigenvalue weighted by Crippen LogP contribution is -2.60. The number of benzene rings is 1. The fraction of sp³-hybridized carbons (Fsp3) is 0.564. The van der Waals surface area contributed by atoms with Gasteiger partial charge in [0, 0.05) is 19.4 Å². The van der Waals surface area contributed by atoms with E-state index in [0.29, 0.717) is 5.56 Å². The van der Waals surface area contributed by atoms with E-state index >= 15 is 0 Å². The first-order valence-electron chi connectivity index (χ1n) is 20.5. The Labute approximate surface area is 378 Å². The average Bonchev–Trinajstić information content (AvgIpc) is 3.23. The molecule has 1 aromatic carbocycles. The maximum absolute atomic E-state index is 13.9. The summed E-state index contributed by atoms with van der Waals surface area (Å²) >= 11 is 0. The molecule has 1 rings (SSSR count). The summed E-state index contributed by atoms with van der Waals surface area (Å²) in [5, 5.41) is 63.6. The van der Waals surface area contributed by atoms with E-state index in [1.165, 1.54) is 24.3 Å². The Morgan fingerprint density at radius 1 is 0.606 bits per heavy atom. The average molecular weight is 939 g/mol. The second-order valence-corrected chi connectivity index (χ2v) is 15.5. The summed E-state index contributed by atoms with van der Waals surface area (Å²) in [6.07, 6.45) is -2.29. The standard InChI is InChI=1S/C39H62N12O15/c1-18(2)13-25(34(61)50-26(14-20-6-8-21(54)9-7-20)35(62)47-24(38(65)66)5-4-12-44-39(42)43)49-36(63)27(15-29(41)55)48-31(58)19(3)45-33(60)23(10-11-30(56)57)46-37(64)28(17-53)51-32(59)22(40)16-52/h6-9,18-19,22-28,52-54H,4-5,10-17,40H2,1-3H3,(H2,41,55)(H,45,60)(H,46,64)(H,47,62)(H,48,58)(H,49,63)(H,50,61)(H,51,59)(H,56,57)(H,65,66)(H4,42,43,44)/t19-,22-,23-,24-,25-,26-,27-,28-/m0/s1. The van der Waals surface area contributed by atoms with E-state index < -0.39 is 140 Å². The van der Waals surface area contributed by atoms with E-state index in [2.05, 4.69) is 42.2 Å². The van der Waals surface area contributed by atoms with Crippen molar-refractivity contribution in [1.82, 2.24) is 37.2 Å². The number of carboxylic acids is 2.